The molecular formula is C18H21ClN6. The summed E-state index contributed by atoms with van der Waals surface area (Å²) in [4.78, 5) is 9.18. The number of rotatable bonds is 5. The molecule has 0 unspecified atom stereocenters. The number of nitrogens with zero attached hydrogens (tertiary/aromatic N) is 6. The lowest BCUT2D eigenvalue weighted by Crippen LogP contribution is -2.58. The zero-order chi connectivity index (χ0) is 17.4. The highest BCUT2D eigenvalue weighted by Crippen LogP contribution is 2.25. The van der Waals surface area contributed by atoms with E-state index in [0.29, 0.717) is 6.04 Å². The summed E-state index contributed by atoms with van der Waals surface area (Å²) in [6, 6.07) is 8.56. The van der Waals surface area contributed by atoms with Gasteiger partial charge < -0.3 is 4.90 Å². The molecule has 1 aromatic carbocycles. The molecule has 25 heavy (non-hydrogen) atoms. The van der Waals surface area contributed by atoms with E-state index in [-0.39, 0.29) is 0 Å². The fourth-order valence-electron chi connectivity index (χ4n) is 3.24. The Balaban J connectivity index is 1.43. The van der Waals surface area contributed by atoms with Crippen molar-refractivity contribution >= 4 is 23.1 Å². The lowest BCUT2D eigenvalue weighted by molar-refractivity contribution is 0.197. The number of anilines is 1. The Morgan fingerprint density at radius 2 is 1.96 bits per heavy atom. The van der Waals surface area contributed by atoms with Gasteiger partial charge in [-0.15, -0.1) is 10.2 Å². The molecule has 0 saturated carbocycles. The summed E-state index contributed by atoms with van der Waals surface area (Å²) in [6.45, 7) is 4.90. The lowest BCUT2D eigenvalue weighted by atomic mass is 10.1. The molecule has 1 aliphatic heterocycles. The normalized spacial score (nSPS) is 15.1. The zero-order valence-corrected chi connectivity index (χ0v) is 15.2. The molecule has 1 fully saturated rings. The van der Waals surface area contributed by atoms with Crippen LogP contribution in [0.2, 0.25) is 5.02 Å². The molecular weight excluding hydrogens is 336 g/mol. The molecule has 1 aliphatic rings. The van der Waals surface area contributed by atoms with Crippen molar-refractivity contribution in [3.8, 4) is 0 Å². The molecule has 0 atom stereocenters. The number of halogens is 1. The first-order chi connectivity index (χ1) is 12.2. The van der Waals surface area contributed by atoms with Gasteiger partial charge in [0.25, 0.3) is 0 Å². The van der Waals surface area contributed by atoms with E-state index in [0.717, 1.165) is 48.4 Å². The van der Waals surface area contributed by atoms with Gasteiger partial charge in [0.15, 0.2) is 5.82 Å². The van der Waals surface area contributed by atoms with Gasteiger partial charge in [0.1, 0.15) is 5.82 Å². The van der Waals surface area contributed by atoms with Crippen LogP contribution in [0.4, 0.5) is 5.82 Å². The smallest absolute Gasteiger partial charge is 0.203 e. The van der Waals surface area contributed by atoms with Crippen LogP contribution in [0.25, 0.3) is 5.65 Å². The average molecular weight is 357 g/mol. The van der Waals surface area contributed by atoms with Gasteiger partial charge in [-0.2, -0.15) is 0 Å². The zero-order valence-electron chi connectivity index (χ0n) is 14.4. The third kappa shape index (κ3) is 3.07. The van der Waals surface area contributed by atoms with Gasteiger partial charge in [-0.3, -0.25) is 9.30 Å². The van der Waals surface area contributed by atoms with Crippen molar-refractivity contribution in [2.24, 2.45) is 0 Å². The number of likely N-dealkylation sites (N-methyl/N-ethyl adjacent to an activating group) is 1. The number of benzene rings is 1. The molecule has 2 aromatic heterocycles. The minimum absolute atomic E-state index is 0.506. The van der Waals surface area contributed by atoms with Crippen molar-refractivity contribution in [3.05, 3.63) is 53.1 Å². The Bertz CT molecular complexity index is 869. The Morgan fingerprint density at radius 3 is 2.68 bits per heavy atom. The summed E-state index contributed by atoms with van der Waals surface area (Å²) in [5, 5.41) is 9.36. The van der Waals surface area contributed by atoms with Crippen molar-refractivity contribution in [1.82, 2.24) is 24.5 Å². The largest absolute Gasteiger partial charge is 0.350 e. The predicted molar refractivity (Wildman–Crippen MR) is 99.1 cm³/mol. The van der Waals surface area contributed by atoms with E-state index in [1.165, 1.54) is 5.56 Å². The van der Waals surface area contributed by atoms with Crippen LogP contribution in [-0.4, -0.2) is 50.7 Å². The van der Waals surface area contributed by atoms with E-state index < -0.39 is 0 Å². The first-order valence-electron chi connectivity index (χ1n) is 8.54. The third-order valence-electron chi connectivity index (χ3n) is 4.83. The van der Waals surface area contributed by atoms with Gasteiger partial charge in [-0.25, -0.2) is 4.98 Å². The molecule has 6 nitrogen and oxygen atoms in total. The topological polar surface area (TPSA) is 49.6 Å². The molecule has 0 radical (unpaired) electrons. The molecule has 3 heterocycles. The van der Waals surface area contributed by atoms with Gasteiger partial charge in [0, 0.05) is 49.5 Å². The molecule has 1 saturated heterocycles. The number of hydrogen-bond donors (Lipinski definition) is 0. The number of hydrogen-bond acceptors (Lipinski definition) is 5. The highest BCUT2D eigenvalue weighted by atomic mass is 35.5. The maximum Gasteiger partial charge on any atom is 0.203 e. The van der Waals surface area contributed by atoms with E-state index in [1.54, 1.807) is 0 Å². The highest BCUT2D eigenvalue weighted by molar-refractivity contribution is 6.30. The van der Waals surface area contributed by atoms with Crippen molar-refractivity contribution in [3.63, 3.8) is 0 Å². The van der Waals surface area contributed by atoms with Crippen LogP contribution in [0.5, 0.6) is 0 Å². The summed E-state index contributed by atoms with van der Waals surface area (Å²) in [7, 11) is 2.16. The molecule has 0 aliphatic carbocycles. The van der Waals surface area contributed by atoms with Crippen molar-refractivity contribution in [2.45, 2.75) is 25.9 Å². The standard InChI is InChI=1S/C18H21ClN6/c1-3-16-21-22-18-17(20-8-9-25(16)18)24-11-15(12-24)23(2)10-13-4-6-14(19)7-5-13/h4-9,15H,3,10-12H2,1-2H3. The van der Waals surface area contributed by atoms with E-state index in [9.17, 15) is 0 Å². The van der Waals surface area contributed by atoms with Gasteiger partial charge in [0.2, 0.25) is 5.65 Å². The predicted octanol–water partition coefficient (Wildman–Crippen LogP) is 2.66. The lowest BCUT2D eigenvalue weighted by Gasteiger charge is -2.44. The van der Waals surface area contributed by atoms with E-state index in [2.05, 4.69) is 51.1 Å². The maximum absolute atomic E-state index is 5.96. The molecule has 4 rings (SSSR count). The summed E-state index contributed by atoms with van der Waals surface area (Å²) in [6.07, 6.45) is 4.62. The Kier molecular flexibility index (Phi) is 4.31. The Hall–Kier alpha value is -2.18. The molecule has 0 amide bonds. The van der Waals surface area contributed by atoms with Crippen LogP contribution in [0.3, 0.4) is 0 Å². The van der Waals surface area contributed by atoms with Crippen LogP contribution in [0.1, 0.15) is 18.3 Å². The molecule has 7 heteroatoms. The number of aromatic nitrogens is 4. The van der Waals surface area contributed by atoms with Crippen LogP contribution in [0.15, 0.2) is 36.7 Å². The van der Waals surface area contributed by atoms with Crippen LogP contribution < -0.4 is 4.90 Å². The van der Waals surface area contributed by atoms with Gasteiger partial charge >= 0.3 is 0 Å². The monoisotopic (exact) mass is 356 g/mol. The van der Waals surface area contributed by atoms with Crippen molar-refractivity contribution < 1.29 is 0 Å². The van der Waals surface area contributed by atoms with E-state index in [1.807, 2.05) is 28.9 Å². The Morgan fingerprint density at radius 1 is 1.20 bits per heavy atom. The SMILES string of the molecule is CCc1nnc2c(N3CC(N(C)Cc4ccc(Cl)cc4)C3)nccn12. The van der Waals surface area contributed by atoms with Crippen LogP contribution in [-0.2, 0) is 13.0 Å². The second kappa shape index (κ2) is 6.61. The van der Waals surface area contributed by atoms with Gasteiger partial charge in [0.05, 0.1) is 0 Å². The second-order valence-corrected chi connectivity index (χ2v) is 6.95. The summed E-state index contributed by atoms with van der Waals surface area (Å²) < 4.78 is 2.03. The highest BCUT2D eigenvalue weighted by Gasteiger charge is 2.32. The van der Waals surface area contributed by atoms with Gasteiger partial charge in [-0.05, 0) is 24.7 Å². The summed E-state index contributed by atoms with van der Waals surface area (Å²) in [5.41, 5.74) is 2.12. The molecule has 0 N–H and O–H groups in total. The molecule has 3 aromatic rings. The summed E-state index contributed by atoms with van der Waals surface area (Å²) in [5.74, 6) is 1.89. The van der Waals surface area contributed by atoms with Gasteiger partial charge in [-0.1, -0.05) is 30.7 Å². The summed E-state index contributed by atoms with van der Waals surface area (Å²) >= 11 is 5.96. The van der Waals surface area contributed by atoms with Crippen LogP contribution >= 0.6 is 11.6 Å². The van der Waals surface area contributed by atoms with Crippen LogP contribution in [0, 0.1) is 0 Å². The second-order valence-electron chi connectivity index (χ2n) is 6.51. The van der Waals surface area contributed by atoms with E-state index in [4.69, 9.17) is 11.6 Å². The molecule has 0 spiro atoms. The molecule has 130 valence electrons. The molecule has 0 bridgehead atoms. The first kappa shape index (κ1) is 16.3. The fourth-order valence-corrected chi connectivity index (χ4v) is 3.37. The minimum Gasteiger partial charge on any atom is -0.350 e. The van der Waals surface area contributed by atoms with E-state index >= 15 is 0 Å². The minimum atomic E-state index is 0.506. The number of aryl methyl sites for hydroxylation is 1. The fraction of sp³-hybridized carbons (Fsp3) is 0.389. The number of fused-ring (bicyclic) bond motifs is 1. The van der Waals surface area contributed by atoms with Crippen molar-refractivity contribution in [2.75, 3.05) is 25.0 Å². The van der Waals surface area contributed by atoms with Crippen molar-refractivity contribution in [1.29, 1.82) is 0 Å². The average Bonchev–Trinajstić information content (AvgIpc) is 2.99. The Labute approximate surface area is 152 Å². The third-order valence-corrected chi connectivity index (χ3v) is 5.08. The maximum atomic E-state index is 5.96. The quantitative estimate of drug-likeness (QED) is 0.703. The first-order valence-corrected chi connectivity index (χ1v) is 8.91.